The lowest BCUT2D eigenvalue weighted by Crippen LogP contribution is -2.61. The van der Waals surface area contributed by atoms with Gasteiger partial charge in [-0.1, -0.05) is 58.7 Å². The van der Waals surface area contributed by atoms with E-state index in [2.05, 4.69) is 70.5 Å². The Labute approximate surface area is 607 Å². The van der Waals surface area contributed by atoms with Gasteiger partial charge in [0.25, 0.3) is 0 Å². The van der Waals surface area contributed by atoms with E-state index in [1.54, 1.807) is 51.7 Å². The van der Waals surface area contributed by atoms with Crippen LogP contribution in [0.15, 0.2) is 10.2 Å². The van der Waals surface area contributed by atoms with Gasteiger partial charge in [0.15, 0.2) is 35.3 Å². The van der Waals surface area contributed by atoms with Gasteiger partial charge in [0.05, 0.1) is 47.7 Å². The first-order valence-corrected chi connectivity index (χ1v) is 37.0. The number of carbonyl (C=O) groups is 6. The Kier molecular flexibility index (Phi) is 35.1. The van der Waals surface area contributed by atoms with Gasteiger partial charge < -0.3 is 78.0 Å². The van der Waals surface area contributed by atoms with Crippen molar-refractivity contribution in [3.8, 4) is 0 Å². The highest BCUT2D eigenvalue weighted by Crippen LogP contribution is 2.44. The number of nitrogens with one attached hydrogen (secondary N) is 2. The number of hydrogen-bond acceptors (Lipinski definition) is 24. The molecule has 6 heterocycles. The lowest BCUT2D eigenvalue weighted by Gasteiger charge is -2.47. The van der Waals surface area contributed by atoms with E-state index in [1.165, 1.54) is 6.92 Å². The van der Waals surface area contributed by atoms with E-state index < -0.39 is 131 Å². The minimum atomic E-state index is -1.22. The summed E-state index contributed by atoms with van der Waals surface area (Å²) >= 11 is 0. The molecule has 0 aromatic carbocycles. The SMILES string of the molecule is CC[C@H]1OC(=O)[C@H](C)C(=O)[C@H](C)[C@@H](O[C@@H]2OC(C)CC(N(C)C)C2C)[C@](C)(OC)C[C@@H](C)CN[C@H](C)[C@H]2N(CCCCN=[N+]=[N-])C(=O)O[C@]12C.CC[C@H]1OC(=O)[C@H](C)C(=O)[C@H](C)[C@@H](O[C@@H]2OC(C)CC(N(C)C)C2O)[C@](C)(OC)C[C@@H](C)CN[C@H](C)[C@H]2N(CCCCN=[N+]=[N-])C(=O)O[C@]12C.CO. The molecule has 6 rings (SSSR count). The standard InChI is InChI=1S/C36H64N6O8.C35H62N6O9.CH4O/c1-13-28-36(9)30(42(34(45)50-36)17-15-14-16-39-40-37)26(7)38-20-21(2)19-35(8,46-12)31(24(5)29(43)25(6)32(44)48-28)49-33-23(4)27(41(10)11)18-22(3)47-33;1-12-26-35(8)29(41(33(45)50-35)16-14-13-15-38-39-36)24(6)37-19-20(2)18-34(7,46-11)30(22(4)27(42)23(5)31(44)48-26)49-32-28(43)25(40(9)10)17-21(3)47-32;1-2/h21-28,30-31,33,38H,13-20H2,1-12H3;20-26,28-30,32,37,43H,12-19H2,1-11H3;2H,1H3/t21-,22?,23?,24+,25-,26-,27?,28-,30-,31-,33+,35-,36-;20-,21?,22+,23-,24-,25?,26-,28?,29-,30-,32+,34-,35-;/m11./s1. The topological polar surface area (TPSA) is 370 Å². The molecule has 6 aliphatic heterocycles. The molecule has 0 aliphatic carbocycles. The monoisotopic (exact) mass is 1450 g/mol. The van der Waals surface area contributed by atoms with E-state index >= 15 is 0 Å². The van der Waals surface area contributed by atoms with Gasteiger partial charge in [0.1, 0.15) is 30.1 Å². The number of azide groups is 2. The molecule has 26 atom stereocenters. The number of fused-ring (bicyclic) bond motifs is 2. The predicted molar refractivity (Wildman–Crippen MR) is 383 cm³/mol. The van der Waals surface area contributed by atoms with Gasteiger partial charge in [-0.05, 0) is 198 Å². The van der Waals surface area contributed by atoms with Crippen molar-refractivity contribution in [1.29, 1.82) is 0 Å². The molecule has 6 fully saturated rings. The zero-order chi connectivity index (χ0) is 77.1. The van der Waals surface area contributed by atoms with Crippen LogP contribution in [0.25, 0.3) is 20.9 Å². The molecular formula is C72H130N12O18. The van der Waals surface area contributed by atoms with E-state index in [-0.39, 0.29) is 59.9 Å². The fourth-order valence-corrected chi connectivity index (χ4v) is 16.7. The third-order valence-corrected chi connectivity index (χ3v) is 22.4. The number of cyclic esters (lactones) is 2. The van der Waals surface area contributed by atoms with Gasteiger partial charge in [0.2, 0.25) is 0 Å². The van der Waals surface area contributed by atoms with Crippen molar-refractivity contribution in [3.05, 3.63) is 20.9 Å². The Morgan fingerprint density at radius 3 is 1.29 bits per heavy atom. The summed E-state index contributed by atoms with van der Waals surface area (Å²) in [6, 6.07) is -1.57. The lowest BCUT2D eigenvalue weighted by molar-refractivity contribution is -0.295. The van der Waals surface area contributed by atoms with Gasteiger partial charge >= 0.3 is 24.1 Å². The molecule has 586 valence electrons. The number of aliphatic hydroxyl groups excluding tert-OH is 2. The number of carbonyl (C=O) groups excluding carboxylic acids is 6. The Morgan fingerprint density at radius 1 is 0.578 bits per heavy atom. The fourth-order valence-electron chi connectivity index (χ4n) is 16.7. The minimum Gasteiger partial charge on any atom is -0.458 e. The number of methoxy groups -OCH3 is 2. The average molecular weight is 1450 g/mol. The number of aliphatic hydroxyl groups is 2. The van der Waals surface area contributed by atoms with E-state index in [0.29, 0.717) is 97.1 Å². The summed E-state index contributed by atoms with van der Waals surface area (Å²) in [6.07, 6.45) is -1.58. The second kappa shape index (κ2) is 40.1. The summed E-state index contributed by atoms with van der Waals surface area (Å²) in [4.78, 5) is 96.2. The van der Waals surface area contributed by atoms with Gasteiger partial charge in [-0.15, -0.1) is 0 Å². The number of amides is 2. The van der Waals surface area contributed by atoms with Crippen LogP contribution in [-0.4, -0.2) is 268 Å². The molecule has 30 heteroatoms. The van der Waals surface area contributed by atoms with Crippen LogP contribution in [0.4, 0.5) is 9.59 Å². The number of Topliss-reactive ketones (excluding diaryl/α,β-unsaturated/α-hetero) is 2. The Hall–Kier alpha value is -5.04. The highest BCUT2D eigenvalue weighted by atomic mass is 16.7. The summed E-state index contributed by atoms with van der Waals surface area (Å²) in [6.45, 7) is 34.5. The molecule has 30 nitrogen and oxygen atoms in total. The van der Waals surface area contributed by atoms with E-state index in [9.17, 15) is 33.9 Å². The Balaban J connectivity index is 0.000000422. The maximum atomic E-state index is 14.3. The summed E-state index contributed by atoms with van der Waals surface area (Å²) in [5, 5.41) is 32.8. The van der Waals surface area contributed by atoms with Gasteiger partial charge in [-0.3, -0.25) is 29.0 Å². The summed E-state index contributed by atoms with van der Waals surface area (Å²) in [5.41, 5.74) is 12.9. The maximum Gasteiger partial charge on any atom is 0.410 e. The molecular weight excluding hydrogens is 1320 g/mol. The van der Waals surface area contributed by atoms with Crippen molar-refractivity contribution in [2.45, 2.75) is 296 Å². The molecule has 0 saturated carbocycles. The van der Waals surface area contributed by atoms with Crippen LogP contribution in [0.2, 0.25) is 0 Å². The van der Waals surface area contributed by atoms with Crippen LogP contribution < -0.4 is 10.6 Å². The summed E-state index contributed by atoms with van der Waals surface area (Å²) in [7, 11) is 12.1. The van der Waals surface area contributed by atoms with Crippen molar-refractivity contribution in [2.75, 3.05) is 88.8 Å². The summed E-state index contributed by atoms with van der Waals surface area (Å²) in [5.74, 6) is -5.96. The molecule has 4 N–H and O–H groups in total. The lowest BCUT2D eigenvalue weighted by atomic mass is 9.78. The Morgan fingerprint density at radius 2 is 0.941 bits per heavy atom. The zero-order valence-electron chi connectivity index (χ0n) is 65.9. The Bertz CT molecular complexity index is 2620. The second-order valence-corrected chi connectivity index (χ2v) is 30.9. The predicted octanol–water partition coefficient (Wildman–Crippen LogP) is 8.99. The highest BCUT2D eigenvalue weighted by molar-refractivity contribution is 6.00. The first kappa shape index (κ1) is 89.4. The van der Waals surface area contributed by atoms with Gasteiger partial charge in [-0.2, -0.15) is 0 Å². The fraction of sp³-hybridized carbons (Fsp3) is 0.917. The summed E-state index contributed by atoms with van der Waals surface area (Å²) < 4.78 is 62.9. The van der Waals surface area contributed by atoms with Crippen molar-refractivity contribution < 1.29 is 86.3 Å². The largest absolute Gasteiger partial charge is 0.458 e. The molecule has 2 amide bonds. The number of hydrogen-bond donors (Lipinski definition) is 4. The molecule has 0 radical (unpaired) electrons. The molecule has 102 heavy (non-hydrogen) atoms. The quantitative estimate of drug-likeness (QED) is 0.0168. The molecule has 6 unspecified atom stereocenters. The van der Waals surface area contributed by atoms with Gasteiger partial charge in [-0.25, -0.2) is 9.59 Å². The van der Waals surface area contributed by atoms with Crippen LogP contribution >= 0.6 is 0 Å². The van der Waals surface area contributed by atoms with Crippen molar-refractivity contribution in [3.63, 3.8) is 0 Å². The number of ketones is 2. The van der Waals surface area contributed by atoms with E-state index in [4.69, 9.17) is 63.5 Å². The number of nitrogens with zero attached hydrogens (tertiary/aromatic N) is 10. The molecule has 0 bridgehead atoms. The van der Waals surface area contributed by atoms with Crippen LogP contribution in [0.3, 0.4) is 0 Å². The van der Waals surface area contributed by atoms with Crippen LogP contribution in [-0.2, 0) is 66.5 Å². The number of unbranched alkanes of at least 4 members (excludes halogenated alkanes) is 2. The van der Waals surface area contributed by atoms with Crippen LogP contribution in [0.1, 0.15) is 182 Å². The van der Waals surface area contributed by atoms with E-state index in [1.807, 2.05) is 81.3 Å². The first-order chi connectivity index (χ1) is 47.9. The van der Waals surface area contributed by atoms with Crippen molar-refractivity contribution in [1.82, 2.24) is 30.2 Å². The number of likely N-dealkylation sites (N-methyl/N-ethyl adjacent to an activating group) is 1. The molecule has 0 spiro atoms. The van der Waals surface area contributed by atoms with Crippen LogP contribution in [0.5, 0.6) is 0 Å². The highest BCUT2D eigenvalue weighted by Gasteiger charge is 2.61. The third kappa shape index (κ3) is 21.6. The van der Waals surface area contributed by atoms with Crippen LogP contribution in [0, 0.1) is 41.4 Å². The van der Waals surface area contributed by atoms with Crippen molar-refractivity contribution >= 4 is 35.7 Å². The number of rotatable bonds is 20. The molecule has 6 aliphatic rings. The normalized spacial score (nSPS) is 40.0. The maximum absolute atomic E-state index is 14.3. The van der Waals surface area contributed by atoms with Gasteiger partial charge in [0, 0.05) is 99.3 Å². The number of ether oxygens (including phenoxy) is 10. The molecule has 6 saturated heterocycles. The molecule has 0 aromatic rings. The van der Waals surface area contributed by atoms with E-state index in [0.717, 1.165) is 13.5 Å². The average Bonchev–Trinajstić information content (AvgIpc) is 1.60. The number of esters is 2. The van der Waals surface area contributed by atoms with Crippen molar-refractivity contribution in [2.24, 2.45) is 51.7 Å². The minimum absolute atomic E-state index is 0.00887. The zero-order valence-corrected chi connectivity index (χ0v) is 65.9. The third-order valence-electron chi connectivity index (χ3n) is 22.4. The second-order valence-electron chi connectivity index (χ2n) is 30.9. The smallest absolute Gasteiger partial charge is 0.410 e. The molecule has 0 aromatic heterocycles. The first-order valence-electron chi connectivity index (χ1n) is 37.0.